The number of alkyl halides is 3. The summed E-state index contributed by atoms with van der Waals surface area (Å²) in [5.41, 5.74) is 0.501. The second kappa shape index (κ2) is 11.1. The summed E-state index contributed by atoms with van der Waals surface area (Å²) >= 11 is 0.830. The molecular formula is C25H23F3N4O3S. The minimum atomic E-state index is -4.66. The number of hydrogen-bond donors (Lipinski definition) is 1. The lowest BCUT2D eigenvalue weighted by atomic mass is 10.1. The van der Waals surface area contributed by atoms with Crippen molar-refractivity contribution < 1.29 is 27.5 Å². The molecule has 2 heterocycles. The van der Waals surface area contributed by atoms with Crippen molar-refractivity contribution in [3.05, 3.63) is 71.9 Å². The lowest BCUT2D eigenvalue weighted by Crippen LogP contribution is -2.40. The van der Waals surface area contributed by atoms with E-state index in [4.69, 9.17) is 4.74 Å². The van der Waals surface area contributed by atoms with E-state index in [-0.39, 0.29) is 16.8 Å². The van der Waals surface area contributed by atoms with Crippen LogP contribution < -0.4 is 5.32 Å². The number of amides is 2. The van der Waals surface area contributed by atoms with E-state index >= 15 is 0 Å². The number of carbonyl (C=O) groups is 2. The maximum Gasteiger partial charge on any atom is 0.433 e. The van der Waals surface area contributed by atoms with Crippen LogP contribution in [0.4, 0.5) is 18.9 Å². The second-order valence-electron chi connectivity index (χ2n) is 8.02. The van der Waals surface area contributed by atoms with Gasteiger partial charge >= 0.3 is 6.18 Å². The predicted octanol–water partition coefficient (Wildman–Crippen LogP) is 4.75. The molecule has 1 atom stereocenters. The van der Waals surface area contributed by atoms with Gasteiger partial charge in [0.2, 0.25) is 5.91 Å². The van der Waals surface area contributed by atoms with Gasteiger partial charge in [0.25, 0.3) is 5.91 Å². The number of aromatic nitrogens is 2. The number of halogens is 3. The Labute approximate surface area is 210 Å². The van der Waals surface area contributed by atoms with Crippen molar-refractivity contribution in [3.8, 4) is 11.3 Å². The van der Waals surface area contributed by atoms with E-state index in [2.05, 4.69) is 15.3 Å². The normalized spacial score (nSPS) is 14.8. The highest BCUT2D eigenvalue weighted by Crippen LogP contribution is 2.33. The first-order valence-corrected chi connectivity index (χ1v) is 12.0. The molecule has 0 bridgehead atoms. The minimum absolute atomic E-state index is 0.115. The molecule has 1 aromatic heterocycles. The van der Waals surface area contributed by atoms with Crippen molar-refractivity contribution in [2.45, 2.75) is 23.5 Å². The van der Waals surface area contributed by atoms with Crippen molar-refractivity contribution >= 4 is 29.3 Å². The van der Waals surface area contributed by atoms with Gasteiger partial charge in [-0.05, 0) is 37.3 Å². The molecule has 1 aliphatic rings. The van der Waals surface area contributed by atoms with Crippen LogP contribution in [0.2, 0.25) is 0 Å². The van der Waals surface area contributed by atoms with E-state index in [9.17, 15) is 22.8 Å². The summed E-state index contributed by atoms with van der Waals surface area (Å²) in [5, 5.41) is 1.78. The van der Waals surface area contributed by atoms with Crippen molar-refractivity contribution in [1.29, 1.82) is 0 Å². The van der Waals surface area contributed by atoms with Crippen molar-refractivity contribution in [1.82, 2.24) is 14.9 Å². The predicted molar refractivity (Wildman–Crippen MR) is 130 cm³/mol. The number of thioether (sulfide) groups is 1. The van der Waals surface area contributed by atoms with Crippen LogP contribution in [0.3, 0.4) is 0 Å². The summed E-state index contributed by atoms with van der Waals surface area (Å²) < 4.78 is 45.6. The fourth-order valence-corrected chi connectivity index (χ4v) is 4.26. The Bertz CT molecular complexity index is 1220. The van der Waals surface area contributed by atoms with E-state index in [0.717, 1.165) is 17.8 Å². The zero-order valence-corrected chi connectivity index (χ0v) is 20.1. The second-order valence-corrected chi connectivity index (χ2v) is 9.32. The van der Waals surface area contributed by atoms with E-state index in [1.54, 1.807) is 66.4 Å². The fraction of sp³-hybridized carbons (Fsp3) is 0.280. The summed E-state index contributed by atoms with van der Waals surface area (Å²) in [4.78, 5) is 34.9. The third kappa shape index (κ3) is 6.41. The van der Waals surface area contributed by atoms with Crippen LogP contribution in [0.5, 0.6) is 0 Å². The molecule has 1 fully saturated rings. The highest BCUT2D eigenvalue weighted by atomic mass is 32.2. The van der Waals surface area contributed by atoms with Gasteiger partial charge < -0.3 is 15.0 Å². The smallest absolute Gasteiger partial charge is 0.378 e. The molecule has 1 aliphatic heterocycles. The van der Waals surface area contributed by atoms with Gasteiger partial charge in [-0.15, -0.1) is 0 Å². The number of rotatable bonds is 6. The summed E-state index contributed by atoms with van der Waals surface area (Å²) in [6.07, 6.45) is -4.66. The third-order valence-electron chi connectivity index (χ3n) is 5.41. The number of ether oxygens (including phenoxy) is 1. The fourth-order valence-electron chi connectivity index (χ4n) is 3.48. The Kier molecular flexibility index (Phi) is 7.90. The molecule has 1 N–H and O–H groups in total. The first kappa shape index (κ1) is 25.6. The number of carbonyl (C=O) groups excluding carboxylic acids is 2. The van der Waals surface area contributed by atoms with Gasteiger partial charge in [0.05, 0.1) is 24.2 Å². The highest BCUT2D eigenvalue weighted by Gasteiger charge is 2.34. The standard InChI is InChI=1S/C25H23F3N4O3S/c1-16(22(33)29-19-9-7-18(8-10-19)23(34)32-11-13-35-14-12-32)36-24-30-20(17-5-3-2-4-6-17)15-21(31-24)25(26,27)28/h2-10,15-16H,11-14H2,1H3,(H,29,33)/t16-/m0/s1. The monoisotopic (exact) mass is 516 g/mol. The van der Waals surface area contributed by atoms with Gasteiger partial charge in [-0.1, -0.05) is 42.1 Å². The maximum absolute atomic E-state index is 13.4. The Morgan fingerprint density at radius 1 is 1.03 bits per heavy atom. The lowest BCUT2D eigenvalue weighted by Gasteiger charge is -2.26. The number of benzene rings is 2. The Morgan fingerprint density at radius 2 is 1.69 bits per heavy atom. The average Bonchev–Trinajstić information content (AvgIpc) is 2.89. The van der Waals surface area contributed by atoms with Crippen LogP contribution >= 0.6 is 11.8 Å². The van der Waals surface area contributed by atoms with E-state index in [0.29, 0.717) is 43.1 Å². The summed E-state index contributed by atoms with van der Waals surface area (Å²) in [6.45, 7) is 3.60. The number of nitrogens with one attached hydrogen (secondary N) is 1. The van der Waals surface area contributed by atoms with Crippen molar-refractivity contribution in [2.24, 2.45) is 0 Å². The molecule has 2 aromatic carbocycles. The molecule has 188 valence electrons. The van der Waals surface area contributed by atoms with Crippen LogP contribution in [-0.4, -0.2) is 58.2 Å². The Balaban J connectivity index is 1.44. The molecule has 4 rings (SSSR count). The van der Waals surface area contributed by atoms with Crippen LogP contribution in [0.15, 0.2) is 65.8 Å². The molecular weight excluding hydrogens is 493 g/mol. The summed E-state index contributed by atoms with van der Waals surface area (Å²) in [5.74, 6) is -0.550. The number of nitrogens with zero attached hydrogens (tertiary/aromatic N) is 3. The molecule has 0 spiro atoms. The lowest BCUT2D eigenvalue weighted by molar-refractivity contribution is -0.141. The van der Waals surface area contributed by atoms with Gasteiger partial charge in [-0.3, -0.25) is 9.59 Å². The molecule has 2 amide bonds. The minimum Gasteiger partial charge on any atom is -0.378 e. The zero-order chi connectivity index (χ0) is 25.7. The topological polar surface area (TPSA) is 84.4 Å². The highest BCUT2D eigenvalue weighted by molar-refractivity contribution is 8.00. The van der Waals surface area contributed by atoms with E-state index in [1.807, 2.05) is 0 Å². The van der Waals surface area contributed by atoms with Crippen molar-refractivity contribution in [3.63, 3.8) is 0 Å². The molecule has 11 heteroatoms. The van der Waals surface area contributed by atoms with Gasteiger partial charge in [-0.2, -0.15) is 13.2 Å². The van der Waals surface area contributed by atoms with Crippen LogP contribution in [-0.2, 0) is 15.7 Å². The number of morpholine rings is 1. The summed E-state index contributed by atoms with van der Waals surface area (Å²) in [6, 6.07) is 15.8. The number of hydrogen-bond acceptors (Lipinski definition) is 6. The molecule has 3 aromatic rings. The number of anilines is 1. The first-order valence-electron chi connectivity index (χ1n) is 11.2. The molecule has 36 heavy (non-hydrogen) atoms. The first-order chi connectivity index (χ1) is 17.2. The molecule has 0 saturated carbocycles. The van der Waals surface area contributed by atoms with Gasteiger partial charge in [0.1, 0.15) is 5.69 Å². The average molecular weight is 517 g/mol. The Morgan fingerprint density at radius 3 is 2.33 bits per heavy atom. The molecule has 1 saturated heterocycles. The third-order valence-corrected chi connectivity index (χ3v) is 6.38. The quantitative estimate of drug-likeness (QED) is 0.376. The Hall–Kier alpha value is -3.44. The van der Waals surface area contributed by atoms with Gasteiger partial charge in [-0.25, -0.2) is 9.97 Å². The maximum atomic E-state index is 13.4. The van der Waals surface area contributed by atoms with Crippen LogP contribution in [0.1, 0.15) is 23.0 Å². The van der Waals surface area contributed by atoms with E-state index < -0.39 is 23.0 Å². The molecule has 0 unspecified atom stereocenters. The largest absolute Gasteiger partial charge is 0.433 e. The van der Waals surface area contributed by atoms with Crippen molar-refractivity contribution in [2.75, 3.05) is 31.6 Å². The van der Waals surface area contributed by atoms with Crippen LogP contribution in [0.25, 0.3) is 11.3 Å². The summed E-state index contributed by atoms with van der Waals surface area (Å²) in [7, 11) is 0. The van der Waals surface area contributed by atoms with E-state index in [1.165, 1.54) is 0 Å². The van der Waals surface area contributed by atoms with Crippen LogP contribution in [0, 0.1) is 0 Å². The SMILES string of the molecule is C[C@H](Sc1nc(-c2ccccc2)cc(C(F)(F)F)n1)C(=O)Nc1ccc(C(=O)N2CCOCC2)cc1. The van der Waals surface area contributed by atoms with Gasteiger partial charge in [0, 0.05) is 29.9 Å². The molecule has 7 nitrogen and oxygen atoms in total. The van der Waals surface area contributed by atoms with Gasteiger partial charge in [0.15, 0.2) is 5.16 Å². The zero-order valence-electron chi connectivity index (χ0n) is 19.3. The molecule has 0 radical (unpaired) electrons. The molecule has 0 aliphatic carbocycles.